The maximum Gasteiger partial charge on any atom is 0.0433 e. The lowest BCUT2D eigenvalue weighted by molar-refractivity contribution is 0.321. The highest BCUT2D eigenvalue weighted by molar-refractivity contribution is 4.79. The third kappa shape index (κ3) is 3.18. The molecule has 0 saturated carbocycles. The van der Waals surface area contributed by atoms with Crippen LogP contribution in [-0.2, 0) is 0 Å². The minimum absolute atomic E-state index is 0.267. The van der Waals surface area contributed by atoms with E-state index in [1.165, 1.54) is 12.8 Å². The smallest absolute Gasteiger partial charge is 0.0433 e. The summed E-state index contributed by atoms with van der Waals surface area (Å²) in [5.74, 6) is 0. The van der Waals surface area contributed by atoms with Gasteiger partial charge in [0.15, 0.2) is 0 Å². The lowest BCUT2D eigenvalue weighted by Gasteiger charge is -2.28. The SMILES string of the molecule is CCC[C@@](C)(CC)NCN. The Hall–Kier alpha value is -0.0800. The quantitative estimate of drug-likeness (QED) is 0.573. The number of hydrogen-bond acceptors (Lipinski definition) is 2. The van der Waals surface area contributed by atoms with Gasteiger partial charge in [0, 0.05) is 12.2 Å². The molecule has 0 rings (SSSR count). The van der Waals surface area contributed by atoms with E-state index < -0.39 is 0 Å². The van der Waals surface area contributed by atoms with E-state index in [0.717, 1.165) is 6.42 Å². The topological polar surface area (TPSA) is 38.0 Å². The number of hydrogen-bond donors (Lipinski definition) is 2. The van der Waals surface area contributed by atoms with E-state index in [9.17, 15) is 0 Å². The molecule has 0 saturated heterocycles. The summed E-state index contributed by atoms with van der Waals surface area (Å²) in [4.78, 5) is 0. The molecule has 0 aliphatic carbocycles. The maximum absolute atomic E-state index is 5.41. The first-order chi connectivity index (χ1) is 4.68. The van der Waals surface area contributed by atoms with Crippen LogP contribution >= 0.6 is 0 Å². The average Bonchev–Trinajstić information content (AvgIpc) is 1.89. The summed E-state index contributed by atoms with van der Waals surface area (Å²) in [7, 11) is 0. The van der Waals surface area contributed by atoms with Crippen molar-refractivity contribution in [2.45, 2.75) is 45.6 Å². The minimum atomic E-state index is 0.267. The standard InChI is InChI=1S/C8H20N2/c1-4-6-8(3,5-2)10-7-9/h10H,4-7,9H2,1-3H3/t8-/m1/s1. The van der Waals surface area contributed by atoms with Crippen molar-refractivity contribution >= 4 is 0 Å². The third-order valence-corrected chi connectivity index (χ3v) is 2.11. The fourth-order valence-corrected chi connectivity index (χ4v) is 1.19. The Morgan fingerprint density at radius 2 is 2.00 bits per heavy atom. The third-order valence-electron chi connectivity index (χ3n) is 2.11. The van der Waals surface area contributed by atoms with Crippen LogP contribution < -0.4 is 11.1 Å². The summed E-state index contributed by atoms with van der Waals surface area (Å²) in [6.07, 6.45) is 3.58. The Morgan fingerprint density at radius 1 is 1.40 bits per heavy atom. The predicted octanol–water partition coefficient (Wildman–Crippen LogP) is 1.46. The van der Waals surface area contributed by atoms with Crippen molar-refractivity contribution in [1.29, 1.82) is 0 Å². The molecule has 0 aliphatic rings. The van der Waals surface area contributed by atoms with Gasteiger partial charge in [0.25, 0.3) is 0 Å². The van der Waals surface area contributed by atoms with Crippen molar-refractivity contribution in [3.05, 3.63) is 0 Å². The Morgan fingerprint density at radius 3 is 2.30 bits per heavy atom. The first-order valence-electron chi connectivity index (χ1n) is 4.13. The van der Waals surface area contributed by atoms with Crippen molar-refractivity contribution in [3.8, 4) is 0 Å². The highest BCUT2D eigenvalue weighted by Gasteiger charge is 2.18. The second kappa shape index (κ2) is 4.69. The highest BCUT2D eigenvalue weighted by Crippen LogP contribution is 2.15. The lowest BCUT2D eigenvalue weighted by Crippen LogP contribution is -2.44. The zero-order chi connectivity index (χ0) is 8.04. The fourth-order valence-electron chi connectivity index (χ4n) is 1.19. The van der Waals surface area contributed by atoms with Crippen LogP contribution in [0.3, 0.4) is 0 Å². The molecular weight excluding hydrogens is 124 g/mol. The molecule has 0 unspecified atom stereocenters. The summed E-state index contributed by atoms with van der Waals surface area (Å²) in [5, 5.41) is 3.29. The summed E-state index contributed by atoms with van der Waals surface area (Å²) in [6, 6.07) is 0. The van der Waals surface area contributed by atoms with E-state index in [2.05, 4.69) is 26.1 Å². The molecular formula is C8H20N2. The molecule has 0 radical (unpaired) electrons. The first-order valence-corrected chi connectivity index (χ1v) is 4.13. The van der Waals surface area contributed by atoms with Crippen LogP contribution in [0.15, 0.2) is 0 Å². The van der Waals surface area contributed by atoms with Crippen LogP contribution in [-0.4, -0.2) is 12.2 Å². The Labute approximate surface area is 64.2 Å². The number of nitrogens with two attached hydrogens (primary N) is 1. The molecule has 1 atom stereocenters. The van der Waals surface area contributed by atoms with Crippen molar-refractivity contribution < 1.29 is 0 Å². The molecule has 0 aromatic rings. The van der Waals surface area contributed by atoms with Crippen molar-refractivity contribution in [2.75, 3.05) is 6.67 Å². The van der Waals surface area contributed by atoms with E-state index in [-0.39, 0.29) is 5.54 Å². The molecule has 0 aromatic heterocycles. The molecule has 0 amide bonds. The van der Waals surface area contributed by atoms with Gasteiger partial charge in [-0.3, -0.25) is 5.32 Å². The van der Waals surface area contributed by atoms with E-state index in [1.54, 1.807) is 0 Å². The summed E-state index contributed by atoms with van der Waals surface area (Å²) >= 11 is 0. The molecule has 3 N–H and O–H groups in total. The van der Waals surface area contributed by atoms with Crippen LogP contribution in [0.2, 0.25) is 0 Å². The van der Waals surface area contributed by atoms with Crippen LogP contribution in [0.5, 0.6) is 0 Å². The van der Waals surface area contributed by atoms with E-state index in [0.29, 0.717) is 6.67 Å². The first kappa shape index (κ1) is 9.92. The number of nitrogens with one attached hydrogen (secondary N) is 1. The van der Waals surface area contributed by atoms with Crippen LogP contribution in [0.1, 0.15) is 40.0 Å². The minimum Gasteiger partial charge on any atom is -0.318 e. The Kier molecular flexibility index (Phi) is 4.65. The lowest BCUT2D eigenvalue weighted by atomic mass is 9.93. The monoisotopic (exact) mass is 144 g/mol. The average molecular weight is 144 g/mol. The summed E-state index contributed by atoms with van der Waals surface area (Å²) in [5.41, 5.74) is 5.68. The van der Waals surface area contributed by atoms with Gasteiger partial charge in [-0.1, -0.05) is 20.3 Å². The molecule has 0 heterocycles. The van der Waals surface area contributed by atoms with E-state index in [1.807, 2.05) is 0 Å². The Bertz CT molecular complexity index is 75.3. The summed E-state index contributed by atoms with van der Waals surface area (Å²) in [6.45, 7) is 7.21. The highest BCUT2D eigenvalue weighted by atomic mass is 15.0. The van der Waals surface area contributed by atoms with E-state index in [4.69, 9.17) is 5.73 Å². The normalized spacial score (nSPS) is 16.8. The molecule has 0 spiro atoms. The molecule has 0 bridgehead atoms. The summed E-state index contributed by atoms with van der Waals surface area (Å²) < 4.78 is 0. The zero-order valence-corrected chi connectivity index (χ0v) is 7.41. The maximum atomic E-state index is 5.41. The van der Waals surface area contributed by atoms with Gasteiger partial charge < -0.3 is 5.73 Å². The Balaban J connectivity index is 3.69. The van der Waals surface area contributed by atoms with Crippen molar-refractivity contribution in [2.24, 2.45) is 5.73 Å². The molecule has 62 valence electrons. The van der Waals surface area contributed by atoms with Gasteiger partial charge in [0.1, 0.15) is 0 Å². The van der Waals surface area contributed by atoms with Gasteiger partial charge in [0.05, 0.1) is 0 Å². The molecule has 0 aliphatic heterocycles. The van der Waals surface area contributed by atoms with Gasteiger partial charge in [-0.05, 0) is 19.8 Å². The second-order valence-electron chi connectivity index (χ2n) is 3.05. The fraction of sp³-hybridized carbons (Fsp3) is 1.00. The molecule has 10 heavy (non-hydrogen) atoms. The van der Waals surface area contributed by atoms with Crippen molar-refractivity contribution in [1.82, 2.24) is 5.32 Å². The second-order valence-corrected chi connectivity index (χ2v) is 3.05. The van der Waals surface area contributed by atoms with Crippen LogP contribution in [0.25, 0.3) is 0 Å². The molecule has 0 fully saturated rings. The molecule has 2 nitrogen and oxygen atoms in total. The largest absolute Gasteiger partial charge is 0.318 e. The van der Waals surface area contributed by atoms with Crippen LogP contribution in [0.4, 0.5) is 0 Å². The zero-order valence-electron chi connectivity index (χ0n) is 7.41. The van der Waals surface area contributed by atoms with Gasteiger partial charge in [-0.2, -0.15) is 0 Å². The van der Waals surface area contributed by atoms with Crippen LogP contribution in [0, 0.1) is 0 Å². The molecule has 0 aromatic carbocycles. The van der Waals surface area contributed by atoms with Gasteiger partial charge in [0.2, 0.25) is 0 Å². The number of rotatable bonds is 5. The van der Waals surface area contributed by atoms with Crippen molar-refractivity contribution in [3.63, 3.8) is 0 Å². The molecule has 2 heteroatoms. The predicted molar refractivity (Wildman–Crippen MR) is 45.8 cm³/mol. The van der Waals surface area contributed by atoms with Gasteiger partial charge in [-0.15, -0.1) is 0 Å². The van der Waals surface area contributed by atoms with Gasteiger partial charge in [-0.25, -0.2) is 0 Å². The van der Waals surface area contributed by atoms with Gasteiger partial charge >= 0.3 is 0 Å². The van der Waals surface area contributed by atoms with E-state index >= 15 is 0 Å².